The van der Waals surface area contributed by atoms with Gasteiger partial charge in [-0.05, 0) is 41.1 Å². The van der Waals surface area contributed by atoms with Crippen molar-refractivity contribution in [2.75, 3.05) is 5.32 Å². The zero-order valence-electron chi connectivity index (χ0n) is 9.82. The second kappa shape index (κ2) is 5.40. The molecule has 0 bridgehead atoms. The van der Waals surface area contributed by atoms with Gasteiger partial charge in [0, 0.05) is 21.8 Å². The third kappa shape index (κ3) is 2.82. The molecule has 2 rings (SSSR count). The molecule has 0 aliphatic carbocycles. The Hall–Kier alpha value is -1.55. The smallest absolute Gasteiger partial charge is 0.126 e. The van der Waals surface area contributed by atoms with Crippen LogP contribution in [0.1, 0.15) is 18.5 Å². The molecule has 0 aromatic heterocycles. The van der Waals surface area contributed by atoms with Crippen LogP contribution in [0.4, 0.5) is 10.1 Å². The molecular formula is C14H13BrFNO. The molecule has 2 N–H and O–H groups in total. The zero-order valence-corrected chi connectivity index (χ0v) is 11.4. The van der Waals surface area contributed by atoms with Crippen LogP contribution < -0.4 is 5.32 Å². The average molecular weight is 310 g/mol. The van der Waals surface area contributed by atoms with Crippen molar-refractivity contribution in [3.8, 4) is 5.75 Å². The SMILES string of the molecule is CC(Nc1ccccc1Br)c1ccc(F)cc1O. The fourth-order valence-electron chi connectivity index (χ4n) is 1.77. The van der Waals surface area contributed by atoms with Gasteiger partial charge in [-0.2, -0.15) is 0 Å². The molecule has 1 atom stereocenters. The van der Waals surface area contributed by atoms with E-state index in [1.165, 1.54) is 6.07 Å². The predicted octanol–water partition coefficient (Wildman–Crippen LogP) is 4.47. The minimum atomic E-state index is -0.440. The summed E-state index contributed by atoms with van der Waals surface area (Å²) >= 11 is 3.44. The average Bonchev–Trinajstić information content (AvgIpc) is 2.32. The lowest BCUT2D eigenvalue weighted by atomic mass is 10.1. The molecule has 0 aliphatic rings. The van der Waals surface area contributed by atoms with Gasteiger partial charge in [-0.15, -0.1) is 0 Å². The van der Waals surface area contributed by atoms with E-state index in [1.54, 1.807) is 6.07 Å². The molecule has 2 nitrogen and oxygen atoms in total. The Morgan fingerprint density at radius 2 is 1.94 bits per heavy atom. The fourth-order valence-corrected chi connectivity index (χ4v) is 2.17. The first-order valence-electron chi connectivity index (χ1n) is 5.57. The van der Waals surface area contributed by atoms with Gasteiger partial charge in [0.15, 0.2) is 0 Å². The van der Waals surface area contributed by atoms with Crippen molar-refractivity contribution < 1.29 is 9.50 Å². The van der Waals surface area contributed by atoms with Crippen molar-refractivity contribution in [1.82, 2.24) is 0 Å². The number of phenols is 1. The number of halogens is 2. The van der Waals surface area contributed by atoms with Gasteiger partial charge in [0.05, 0.1) is 6.04 Å². The largest absolute Gasteiger partial charge is 0.507 e. The monoisotopic (exact) mass is 309 g/mol. The molecule has 0 spiro atoms. The van der Waals surface area contributed by atoms with Crippen LogP contribution in [0, 0.1) is 5.82 Å². The summed E-state index contributed by atoms with van der Waals surface area (Å²) in [7, 11) is 0. The van der Waals surface area contributed by atoms with E-state index in [0.717, 1.165) is 16.2 Å². The normalized spacial score (nSPS) is 12.2. The van der Waals surface area contributed by atoms with E-state index in [4.69, 9.17) is 0 Å². The van der Waals surface area contributed by atoms with E-state index in [-0.39, 0.29) is 11.8 Å². The van der Waals surface area contributed by atoms with E-state index >= 15 is 0 Å². The summed E-state index contributed by atoms with van der Waals surface area (Å²) in [4.78, 5) is 0. The molecule has 1 unspecified atom stereocenters. The number of hydrogen-bond acceptors (Lipinski definition) is 2. The van der Waals surface area contributed by atoms with Crippen LogP contribution in [0.25, 0.3) is 0 Å². The van der Waals surface area contributed by atoms with Crippen molar-refractivity contribution in [2.45, 2.75) is 13.0 Å². The number of nitrogens with one attached hydrogen (secondary N) is 1. The molecule has 0 radical (unpaired) electrons. The van der Waals surface area contributed by atoms with Gasteiger partial charge in [-0.3, -0.25) is 0 Å². The van der Waals surface area contributed by atoms with Crippen molar-refractivity contribution in [2.24, 2.45) is 0 Å². The van der Waals surface area contributed by atoms with Crippen LogP contribution in [-0.4, -0.2) is 5.11 Å². The highest BCUT2D eigenvalue weighted by molar-refractivity contribution is 9.10. The van der Waals surface area contributed by atoms with Gasteiger partial charge >= 0.3 is 0 Å². The first kappa shape index (κ1) is 12.9. The Morgan fingerprint density at radius 3 is 2.61 bits per heavy atom. The molecule has 4 heteroatoms. The molecule has 2 aromatic rings. The maximum Gasteiger partial charge on any atom is 0.126 e. The van der Waals surface area contributed by atoms with Crippen LogP contribution in [0.2, 0.25) is 0 Å². The topological polar surface area (TPSA) is 32.3 Å². The number of hydrogen-bond donors (Lipinski definition) is 2. The lowest BCUT2D eigenvalue weighted by Crippen LogP contribution is -2.07. The maximum absolute atomic E-state index is 12.9. The Morgan fingerprint density at radius 1 is 1.22 bits per heavy atom. The van der Waals surface area contributed by atoms with E-state index in [9.17, 15) is 9.50 Å². The summed E-state index contributed by atoms with van der Waals surface area (Å²) < 4.78 is 13.9. The Bertz CT molecular complexity index is 559. The molecule has 94 valence electrons. The summed E-state index contributed by atoms with van der Waals surface area (Å²) in [5.41, 5.74) is 1.58. The van der Waals surface area contributed by atoms with E-state index in [2.05, 4.69) is 21.2 Å². The second-order valence-corrected chi connectivity index (χ2v) is 4.90. The minimum absolute atomic E-state index is 0.0398. The Balaban J connectivity index is 2.22. The Labute approximate surface area is 114 Å². The molecule has 0 aliphatic heterocycles. The van der Waals surface area contributed by atoms with Crippen LogP contribution >= 0.6 is 15.9 Å². The first-order valence-corrected chi connectivity index (χ1v) is 6.36. The van der Waals surface area contributed by atoms with Crippen LogP contribution in [0.3, 0.4) is 0 Å². The first-order chi connectivity index (χ1) is 8.58. The minimum Gasteiger partial charge on any atom is -0.507 e. The number of benzene rings is 2. The Kier molecular flexibility index (Phi) is 3.87. The van der Waals surface area contributed by atoms with Gasteiger partial charge < -0.3 is 10.4 Å². The van der Waals surface area contributed by atoms with Crippen molar-refractivity contribution >= 4 is 21.6 Å². The number of anilines is 1. The second-order valence-electron chi connectivity index (χ2n) is 4.05. The standard InChI is InChI=1S/C14H13BrFNO/c1-9(11-7-6-10(16)8-14(11)18)17-13-5-3-2-4-12(13)15/h2-9,17-18H,1H3. The molecule has 0 heterocycles. The highest BCUT2D eigenvalue weighted by atomic mass is 79.9. The lowest BCUT2D eigenvalue weighted by Gasteiger charge is -2.17. The van der Waals surface area contributed by atoms with Crippen LogP contribution in [0.15, 0.2) is 46.9 Å². The van der Waals surface area contributed by atoms with Gasteiger partial charge in [-0.1, -0.05) is 18.2 Å². The number of para-hydroxylation sites is 1. The fraction of sp³-hybridized carbons (Fsp3) is 0.143. The van der Waals surface area contributed by atoms with Gasteiger partial charge in [0.1, 0.15) is 11.6 Å². The summed E-state index contributed by atoms with van der Waals surface area (Å²) in [5.74, 6) is -0.480. The highest BCUT2D eigenvalue weighted by Gasteiger charge is 2.11. The van der Waals surface area contributed by atoms with E-state index in [0.29, 0.717) is 5.56 Å². The maximum atomic E-state index is 12.9. The molecule has 0 amide bonds. The highest BCUT2D eigenvalue weighted by Crippen LogP contribution is 2.30. The third-order valence-corrected chi connectivity index (χ3v) is 3.40. The van der Waals surface area contributed by atoms with Crippen molar-refractivity contribution in [3.05, 3.63) is 58.3 Å². The number of rotatable bonds is 3. The van der Waals surface area contributed by atoms with E-state index < -0.39 is 5.82 Å². The summed E-state index contributed by atoms with van der Waals surface area (Å²) in [6.07, 6.45) is 0. The molecular weight excluding hydrogens is 297 g/mol. The zero-order chi connectivity index (χ0) is 13.1. The van der Waals surface area contributed by atoms with Crippen molar-refractivity contribution in [1.29, 1.82) is 0 Å². The molecule has 0 saturated carbocycles. The summed E-state index contributed by atoms with van der Waals surface area (Å²) in [5, 5.41) is 13.0. The third-order valence-electron chi connectivity index (χ3n) is 2.70. The predicted molar refractivity (Wildman–Crippen MR) is 74.2 cm³/mol. The lowest BCUT2D eigenvalue weighted by molar-refractivity contribution is 0.459. The van der Waals surface area contributed by atoms with Gasteiger partial charge in [0.2, 0.25) is 0 Å². The van der Waals surface area contributed by atoms with E-state index in [1.807, 2.05) is 31.2 Å². The van der Waals surface area contributed by atoms with Crippen LogP contribution in [0.5, 0.6) is 5.75 Å². The number of aromatic hydroxyl groups is 1. The molecule has 18 heavy (non-hydrogen) atoms. The molecule has 2 aromatic carbocycles. The molecule has 0 fully saturated rings. The van der Waals surface area contributed by atoms with Gasteiger partial charge in [-0.25, -0.2) is 4.39 Å². The van der Waals surface area contributed by atoms with Crippen LogP contribution in [-0.2, 0) is 0 Å². The van der Waals surface area contributed by atoms with Crippen molar-refractivity contribution in [3.63, 3.8) is 0 Å². The van der Waals surface area contributed by atoms with Gasteiger partial charge in [0.25, 0.3) is 0 Å². The summed E-state index contributed by atoms with van der Waals surface area (Å²) in [6.45, 7) is 1.91. The summed E-state index contributed by atoms with van der Waals surface area (Å²) in [6, 6.07) is 11.6. The molecule has 0 saturated heterocycles. The number of phenolic OH excluding ortho intramolecular Hbond substituents is 1. The quantitative estimate of drug-likeness (QED) is 0.877.